The Morgan fingerprint density at radius 1 is 0.250 bits per heavy atom. The van der Waals surface area contributed by atoms with Crippen molar-refractivity contribution in [3.8, 4) is 78.4 Å². The van der Waals surface area contributed by atoms with Crippen LogP contribution in [0.3, 0.4) is 0 Å². The molecule has 0 amide bonds. The van der Waals surface area contributed by atoms with E-state index in [1.54, 1.807) is 11.1 Å². The van der Waals surface area contributed by atoms with E-state index in [9.17, 15) is 0 Å². The molecule has 6 fully saturated rings. The van der Waals surface area contributed by atoms with Gasteiger partial charge < -0.3 is 0 Å². The lowest BCUT2D eigenvalue weighted by Crippen LogP contribution is -2.35. The molecule has 0 radical (unpaired) electrons. The minimum absolute atomic E-state index is 0.427. The molecule has 0 aliphatic heterocycles. The van der Waals surface area contributed by atoms with Crippen molar-refractivity contribution in [2.45, 2.75) is 296 Å². The quantitative estimate of drug-likeness (QED) is 0.0965. The van der Waals surface area contributed by atoms with E-state index in [1.165, 1.54) is 375 Å². The van der Waals surface area contributed by atoms with Crippen LogP contribution in [-0.4, -0.2) is 0 Å². The Kier molecular flexibility index (Phi) is 28.1. The Balaban J connectivity index is 0.000000120. The fraction of sp³-hybridized carbons (Fsp3) is 0.391. The summed E-state index contributed by atoms with van der Waals surface area (Å²) in [5.74, 6) is 4.65. The van der Waals surface area contributed by atoms with Gasteiger partial charge in [-0.2, -0.15) is 9.13 Å². The summed E-state index contributed by atoms with van der Waals surface area (Å²) in [6, 6.07) is 91.2. The summed E-state index contributed by atoms with van der Waals surface area (Å²) in [5, 5.41) is 10.4. The second-order valence-corrected chi connectivity index (χ2v) is 41.4. The third-order valence-corrected chi connectivity index (χ3v) is 32.5. The third-order valence-electron chi connectivity index (χ3n) is 32.5. The Hall–Kier alpha value is -10.9. The van der Waals surface area contributed by atoms with Gasteiger partial charge in [-0.05, 0) is 323 Å². The lowest BCUT2D eigenvalue weighted by atomic mass is 9.76. The van der Waals surface area contributed by atoms with Crippen LogP contribution in [-0.2, 0) is 28.2 Å². The summed E-state index contributed by atoms with van der Waals surface area (Å²) in [6.07, 6.45) is 41.9. The zero-order valence-electron chi connectivity index (χ0n) is 84.1. The van der Waals surface area contributed by atoms with Crippen molar-refractivity contribution in [2.24, 2.45) is 28.2 Å². The minimum atomic E-state index is 0.427. The second-order valence-electron chi connectivity index (χ2n) is 41.4. The molecule has 0 unspecified atom stereocenters. The summed E-state index contributed by atoms with van der Waals surface area (Å²) in [4.78, 5) is 0. The van der Waals surface area contributed by atoms with E-state index in [-0.39, 0.29) is 0 Å². The summed E-state index contributed by atoms with van der Waals surface area (Å²) in [7, 11) is 8.56. The van der Waals surface area contributed by atoms with Gasteiger partial charge in [0.15, 0.2) is 23.7 Å². The predicted octanol–water partition coefficient (Wildman–Crippen LogP) is 33.9. The smallest absolute Gasteiger partial charge is 0.200 e. The van der Waals surface area contributed by atoms with Gasteiger partial charge >= 0.3 is 0 Å². The van der Waals surface area contributed by atoms with Crippen LogP contribution in [0, 0.1) is 48.5 Å². The fourth-order valence-electron chi connectivity index (χ4n) is 24.4. The number of pyridine rings is 4. The lowest BCUT2D eigenvalue weighted by Gasteiger charge is -2.28. The monoisotopic (exact) mass is 1740 g/mol. The van der Waals surface area contributed by atoms with Gasteiger partial charge in [0.1, 0.15) is 30.9 Å². The topological polar surface area (TPSA) is 15.5 Å². The normalized spacial score (nSPS) is 16.6. The molecule has 15 aromatic rings. The van der Waals surface area contributed by atoms with E-state index in [2.05, 4.69) is 338 Å². The highest BCUT2D eigenvalue weighted by Gasteiger charge is 2.32. The molecule has 11 aromatic carbocycles. The first-order valence-corrected chi connectivity index (χ1v) is 51.6. The fourth-order valence-corrected chi connectivity index (χ4v) is 24.4. The molecule has 132 heavy (non-hydrogen) atoms. The van der Waals surface area contributed by atoms with E-state index < -0.39 is 0 Å². The third kappa shape index (κ3) is 20.0. The molecule has 21 rings (SSSR count). The van der Waals surface area contributed by atoms with Crippen molar-refractivity contribution in [3.05, 3.63) is 333 Å². The van der Waals surface area contributed by atoms with Crippen LogP contribution in [0.5, 0.6) is 0 Å². The van der Waals surface area contributed by atoms with Crippen molar-refractivity contribution in [1.82, 2.24) is 0 Å². The molecular weight excluding hydrogens is 1590 g/mol. The minimum Gasteiger partial charge on any atom is -0.200 e. The van der Waals surface area contributed by atoms with Crippen LogP contribution < -0.4 is 18.3 Å². The van der Waals surface area contributed by atoms with E-state index in [1.807, 2.05) is 13.1 Å². The molecule has 4 heteroatoms. The van der Waals surface area contributed by atoms with Gasteiger partial charge in [0, 0.05) is 38.1 Å². The molecule has 676 valence electrons. The van der Waals surface area contributed by atoms with Crippen LogP contribution in [0.15, 0.2) is 255 Å². The summed E-state index contributed by atoms with van der Waals surface area (Å²) >= 11 is 0. The molecular formula is C128H148N4+4. The largest absolute Gasteiger partial charge is 0.220 e. The lowest BCUT2D eigenvalue weighted by molar-refractivity contribution is -0.665. The van der Waals surface area contributed by atoms with Crippen LogP contribution in [0.2, 0.25) is 0 Å². The number of fused-ring (bicyclic) bond motifs is 4. The molecule has 4 aromatic heterocycles. The van der Waals surface area contributed by atoms with Gasteiger partial charge in [0.2, 0.25) is 22.8 Å². The molecule has 0 saturated heterocycles. The van der Waals surface area contributed by atoms with Crippen LogP contribution in [0.1, 0.15) is 329 Å². The van der Waals surface area contributed by atoms with Gasteiger partial charge in [-0.1, -0.05) is 299 Å². The van der Waals surface area contributed by atoms with Crippen molar-refractivity contribution in [1.29, 1.82) is 0 Å². The molecule has 6 saturated carbocycles. The first-order chi connectivity index (χ1) is 65.2. The number of aryl methyl sites for hydroxylation is 4. The number of aromatic nitrogens is 4. The summed E-state index contributed by atoms with van der Waals surface area (Å²) in [5.41, 5.74) is 37.9. The SMILES string of the molecule is Cc1cc(-c2ccccc2)cc(-c2c3ccc(C4CCCCC4)cc3cc(C)[n+]2C)c1C.Cc1ccc(-c2ccccc2)cc1-c1c2ccc(C3CCCCC3)cc2cc(C)[n+]1C.[2H]c1cc2cc(C3CCCCC3)ccc2c(-c2cc(-c3ccccc3)cc(C(C)C)c2C)[n+]1C.[2H]c1cc2cc(C3CCCCC3)ccc2c(-c2cc(C3CCCCC3)cc(C3CCCCC3)c2C)[n+]1C. The van der Waals surface area contributed by atoms with E-state index in [4.69, 9.17) is 2.74 Å². The Morgan fingerprint density at radius 3 is 0.985 bits per heavy atom. The van der Waals surface area contributed by atoms with Crippen LogP contribution in [0.4, 0.5) is 0 Å². The molecule has 4 heterocycles. The molecule has 0 atom stereocenters. The summed E-state index contributed by atoms with van der Waals surface area (Å²) in [6.45, 7) is 20.4. The van der Waals surface area contributed by atoms with E-state index >= 15 is 0 Å². The van der Waals surface area contributed by atoms with E-state index in [0.29, 0.717) is 41.9 Å². The van der Waals surface area contributed by atoms with Crippen molar-refractivity contribution < 1.29 is 21.0 Å². The molecule has 4 nitrogen and oxygen atoms in total. The van der Waals surface area contributed by atoms with Gasteiger partial charge in [-0.25, -0.2) is 9.13 Å². The first kappa shape index (κ1) is 89.0. The zero-order valence-corrected chi connectivity index (χ0v) is 82.1. The maximum absolute atomic E-state index is 8.94. The van der Waals surface area contributed by atoms with Crippen LogP contribution >= 0.6 is 0 Å². The number of hydrogen-bond donors (Lipinski definition) is 0. The van der Waals surface area contributed by atoms with Crippen LogP contribution in [0.25, 0.3) is 122 Å². The average Bonchev–Trinajstić information content (AvgIpc) is 0.756. The average molecular weight is 1740 g/mol. The molecule has 0 N–H and O–H groups in total. The van der Waals surface area contributed by atoms with Crippen molar-refractivity contribution >= 4 is 43.1 Å². The van der Waals surface area contributed by atoms with Gasteiger partial charge in [-0.15, -0.1) is 0 Å². The number of rotatable bonds is 14. The Labute approximate surface area is 794 Å². The molecule has 0 bridgehead atoms. The number of nitrogens with zero attached hydrogens (tertiary/aromatic N) is 4. The highest BCUT2D eigenvalue weighted by atomic mass is 15.0. The first-order valence-electron chi connectivity index (χ1n) is 52.6. The molecule has 0 spiro atoms. The Bertz CT molecular complexity index is 6720. The zero-order chi connectivity index (χ0) is 92.8. The summed E-state index contributed by atoms with van der Waals surface area (Å²) < 4.78 is 26.7. The highest BCUT2D eigenvalue weighted by Crippen LogP contribution is 2.48. The van der Waals surface area contributed by atoms with Gasteiger partial charge in [0.25, 0.3) is 0 Å². The highest BCUT2D eigenvalue weighted by molar-refractivity contribution is 5.99. The second kappa shape index (κ2) is 41.7. The van der Waals surface area contributed by atoms with E-state index in [0.717, 1.165) is 17.5 Å². The standard InChI is InChI=1S/C35H46N.C32H36N.C31H34N.C30H32N/c1-25-33(28-16-10-5-11-17-28)23-31(27-14-8-4-9-15-27)24-34(25)35-32-19-18-29(26-12-6-3-7-13-26)22-30(32)20-21-36(35)2;1-22(2)30-20-28(25-13-9-6-10-14-25)21-31(23(30)3)32-29-16-15-26(24-11-7-5-8-12-24)19-27(29)17-18-33(32)4;1-21-17-27(25-13-9-6-10-14-25)20-30(23(21)3)31-29-16-15-26(24-11-7-5-8-12-24)19-28(29)18-22(2)32(31)4;1-21-14-15-26(24-12-8-5-9-13-24)20-29(21)30-28-17-16-25(23-10-6-4-7-11-23)19-27(28)18-22(2)31(30)3/h18-24,26-28H,3-17H2,1-2H3;6,9-10,13-22,24H,5,7-8,11-12H2,1-4H3;6,9-10,13-20,24H,5,7-8,11-12H2,1-4H3;5,8-9,12-20,23H,4,6-7,10-11H2,1-3H3/q4*+1/i21D;18D;;. The van der Waals surface area contributed by atoms with Gasteiger partial charge in [-0.3, -0.25) is 0 Å². The molecule has 6 aliphatic rings. The van der Waals surface area contributed by atoms with Crippen molar-refractivity contribution in [3.63, 3.8) is 0 Å². The Morgan fingerprint density at radius 2 is 0.583 bits per heavy atom. The molecule has 6 aliphatic carbocycles. The maximum atomic E-state index is 8.94. The number of benzene rings is 11. The van der Waals surface area contributed by atoms with Crippen molar-refractivity contribution in [2.75, 3.05) is 0 Å². The number of hydrogen-bond acceptors (Lipinski definition) is 0. The predicted molar refractivity (Wildman–Crippen MR) is 561 cm³/mol. The maximum Gasteiger partial charge on any atom is 0.220 e. The van der Waals surface area contributed by atoms with Gasteiger partial charge in [0.05, 0.1) is 43.8 Å².